The van der Waals surface area contributed by atoms with Crippen LogP contribution in [0.3, 0.4) is 0 Å². The second kappa shape index (κ2) is 7.12. The standard InChI is InChI=1S/C17H10N2O4.C4H10/c18-7-9-2-1-3-10-11-4-5-19-8-12(17(21)22)14(20)6-13(19)16(11)23-15(9)10;1-4(2)3/h1-3,6,8H,4-5H2,(H,21,22);4H,1-3H3. The van der Waals surface area contributed by atoms with Crippen LogP contribution in [0.25, 0.3) is 22.4 Å². The zero-order chi connectivity index (χ0) is 19.7. The zero-order valence-electron chi connectivity index (χ0n) is 15.4. The van der Waals surface area contributed by atoms with Crippen LogP contribution < -0.4 is 5.43 Å². The molecule has 0 spiro atoms. The molecule has 6 nitrogen and oxygen atoms in total. The van der Waals surface area contributed by atoms with E-state index in [9.17, 15) is 14.9 Å². The maximum Gasteiger partial charge on any atom is 0.341 e. The van der Waals surface area contributed by atoms with E-state index >= 15 is 0 Å². The molecule has 0 bridgehead atoms. The number of carboxylic acids is 1. The average Bonchev–Trinajstić information content (AvgIpc) is 2.99. The minimum atomic E-state index is -1.24. The Hall–Kier alpha value is -3.33. The van der Waals surface area contributed by atoms with Crippen molar-refractivity contribution in [3.63, 3.8) is 0 Å². The van der Waals surface area contributed by atoms with Crippen molar-refractivity contribution in [2.75, 3.05) is 0 Å². The fraction of sp³-hybridized carbons (Fsp3) is 0.286. The van der Waals surface area contributed by atoms with Crippen molar-refractivity contribution in [3.05, 3.63) is 57.4 Å². The molecule has 6 heteroatoms. The van der Waals surface area contributed by atoms with Crippen LogP contribution in [0.4, 0.5) is 0 Å². The smallest absolute Gasteiger partial charge is 0.341 e. The molecule has 0 saturated heterocycles. The number of fused-ring (bicyclic) bond motifs is 5. The van der Waals surface area contributed by atoms with Crippen molar-refractivity contribution in [3.8, 4) is 17.5 Å². The van der Waals surface area contributed by atoms with Gasteiger partial charge in [0.1, 0.15) is 11.6 Å². The van der Waals surface area contributed by atoms with Gasteiger partial charge in [-0.1, -0.05) is 32.9 Å². The first-order chi connectivity index (χ1) is 12.8. The topological polar surface area (TPSA) is 96.2 Å². The molecule has 0 saturated carbocycles. The van der Waals surface area contributed by atoms with Gasteiger partial charge >= 0.3 is 5.97 Å². The number of aromatic nitrogens is 1. The van der Waals surface area contributed by atoms with Gasteiger partial charge in [0.15, 0.2) is 16.8 Å². The molecule has 1 aliphatic heterocycles. The normalized spacial score (nSPS) is 12.0. The summed E-state index contributed by atoms with van der Waals surface area (Å²) in [7, 11) is 0. The molecule has 1 aromatic carbocycles. The zero-order valence-corrected chi connectivity index (χ0v) is 15.4. The summed E-state index contributed by atoms with van der Waals surface area (Å²) in [5.41, 5.74) is 1.61. The number of aromatic carboxylic acids is 1. The van der Waals surface area contributed by atoms with Crippen LogP contribution >= 0.6 is 0 Å². The predicted octanol–water partition coefficient (Wildman–Crippen LogP) is 4.05. The molecule has 0 aliphatic carbocycles. The molecule has 0 unspecified atom stereocenters. The summed E-state index contributed by atoms with van der Waals surface area (Å²) in [6.45, 7) is 7.05. The largest absolute Gasteiger partial charge is 0.477 e. The van der Waals surface area contributed by atoms with Crippen LogP contribution in [0.2, 0.25) is 0 Å². The molecule has 27 heavy (non-hydrogen) atoms. The summed E-state index contributed by atoms with van der Waals surface area (Å²) in [6.07, 6.45) is 1.99. The number of nitrogens with zero attached hydrogens (tertiary/aromatic N) is 2. The number of benzene rings is 1. The number of rotatable bonds is 1. The fourth-order valence-corrected chi connectivity index (χ4v) is 3.06. The monoisotopic (exact) mass is 364 g/mol. The minimum Gasteiger partial charge on any atom is -0.477 e. The lowest BCUT2D eigenvalue weighted by molar-refractivity contribution is 0.0694. The minimum absolute atomic E-state index is 0.258. The number of carbonyl (C=O) groups is 1. The molecule has 1 N–H and O–H groups in total. The third kappa shape index (κ3) is 3.36. The van der Waals surface area contributed by atoms with Gasteiger partial charge in [-0.15, -0.1) is 0 Å². The maximum atomic E-state index is 12.0. The Morgan fingerprint density at radius 2 is 2.04 bits per heavy atom. The second-order valence-electron chi connectivity index (χ2n) is 7.12. The molecule has 2 aromatic heterocycles. The number of carboxylic acid groups (broad SMARTS) is 1. The second-order valence-corrected chi connectivity index (χ2v) is 7.12. The number of para-hydroxylation sites is 1. The maximum absolute atomic E-state index is 12.0. The molecule has 0 amide bonds. The lowest BCUT2D eigenvalue weighted by atomic mass is 10.0. The highest BCUT2D eigenvalue weighted by molar-refractivity contribution is 5.92. The molecule has 3 aromatic rings. The number of nitriles is 1. The molecule has 3 heterocycles. The van der Waals surface area contributed by atoms with Crippen molar-refractivity contribution in [2.45, 2.75) is 33.7 Å². The Morgan fingerprint density at radius 3 is 2.67 bits per heavy atom. The number of aryl methyl sites for hydroxylation is 2. The van der Waals surface area contributed by atoms with E-state index in [0.29, 0.717) is 35.6 Å². The summed E-state index contributed by atoms with van der Waals surface area (Å²) in [5.74, 6) is 0.121. The summed E-state index contributed by atoms with van der Waals surface area (Å²) in [6, 6.07) is 8.75. The van der Waals surface area contributed by atoms with E-state index in [-0.39, 0.29) is 5.56 Å². The molecule has 0 fully saturated rings. The van der Waals surface area contributed by atoms with Crippen LogP contribution in [0.5, 0.6) is 0 Å². The third-order valence-corrected chi connectivity index (χ3v) is 4.13. The van der Waals surface area contributed by atoms with Gasteiger partial charge in [-0.25, -0.2) is 4.79 Å². The Balaban J connectivity index is 0.000000481. The molecule has 138 valence electrons. The Labute approximate surface area is 156 Å². The fourth-order valence-electron chi connectivity index (χ4n) is 3.06. The Kier molecular flexibility index (Phi) is 4.87. The number of pyridine rings is 1. The predicted molar refractivity (Wildman–Crippen MR) is 102 cm³/mol. The molecule has 4 rings (SSSR count). The van der Waals surface area contributed by atoms with Gasteiger partial charge in [0.25, 0.3) is 0 Å². The van der Waals surface area contributed by atoms with E-state index in [1.165, 1.54) is 12.3 Å². The molecule has 0 radical (unpaired) electrons. The van der Waals surface area contributed by atoms with Crippen molar-refractivity contribution in [1.82, 2.24) is 4.57 Å². The van der Waals surface area contributed by atoms with Crippen molar-refractivity contribution < 1.29 is 14.3 Å². The van der Waals surface area contributed by atoms with Gasteiger partial charge in [0.05, 0.1) is 11.3 Å². The average molecular weight is 364 g/mol. The lowest BCUT2D eigenvalue weighted by Crippen LogP contribution is -2.21. The first kappa shape index (κ1) is 18.5. The summed E-state index contributed by atoms with van der Waals surface area (Å²) < 4.78 is 7.57. The first-order valence-electron chi connectivity index (χ1n) is 8.76. The van der Waals surface area contributed by atoms with Crippen LogP contribution in [-0.4, -0.2) is 15.6 Å². The summed E-state index contributed by atoms with van der Waals surface area (Å²) in [4.78, 5) is 23.1. The molecule has 0 atom stereocenters. The highest BCUT2D eigenvalue weighted by Gasteiger charge is 2.25. The number of furan rings is 1. The SMILES string of the molecule is CC(C)C.N#Cc1cccc2c3c(oc12)-c1cc(=O)c(C(=O)O)cn1CC3. The summed E-state index contributed by atoms with van der Waals surface area (Å²) >= 11 is 0. The highest BCUT2D eigenvalue weighted by Crippen LogP contribution is 2.37. The molecular formula is C21H20N2O4. The van der Waals surface area contributed by atoms with Gasteiger partial charge < -0.3 is 14.1 Å². The Morgan fingerprint density at radius 1 is 1.33 bits per heavy atom. The quantitative estimate of drug-likeness (QED) is 0.703. The van der Waals surface area contributed by atoms with Gasteiger partial charge in [-0.3, -0.25) is 4.79 Å². The van der Waals surface area contributed by atoms with Crippen LogP contribution in [0.15, 0.2) is 39.7 Å². The van der Waals surface area contributed by atoms with Gasteiger partial charge in [0, 0.05) is 29.8 Å². The van der Waals surface area contributed by atoms with Crippen LogP contribution in [-0.2, 0) is 13.0 Å². The van der Waals surface area contributed by atoms with E-state index in [1.54, 1.807) is 16.7 Å². The summed E-state index contributed by atoms with van der Waals surface area (Å²) in [5, 5.41) is 19.1. The highest BCUT2D eigenvalue weighted by atomic mass is 16.4. The van der Waals surface area contributed by atoms with Crippen molar-refractivity contribution in [2.24, 2.45) is 5.92 Å². The van der Waals surface area contributed by atoms with E-state index < -0.39 is 11.4 Å². The van der Waals surface area contributed by atoms with E-state index in [4.69, 9.17) is 9.52 Å². The number of hydrogen-bond donors (Lipinski definition) is 1. The molecule has 1 aliphatic rings. The Bertz CT molecular complexity index is 1130. The van der Waals surface area contributed by atoms with Crippen LogP contribution in [0.1, 0.15) is 42.3 Å². The van der Waals surface area contributed by atoms with Crippen molar-refractivity contribution in [1.29, 1.82) is 5.26 Å². The molecular weight excluding hydrogens is 344 g/mol. The number of hydrogen-bond acceptors (Lipinski definition) is 4. The van der Waals surface area contributed by atoms with Gasteiger partial charge in [-0.05, 0) is 18.4 Å². The third-order valence-electron chi connectivity index (χ3n) is 4.13. The van der Waals surface area contributed by atoms with E-state index in [2.05, 4.69) is 26.8 Å². The lowest BCUT2D eigenvalue weighted by Gasteiger charge is -2.18. The van der Waals surface area contributed by atoms with Crippen LogP contribution in [0, 0.1) is 17.2 Å². The first-order valence-corrected chi connectivity index (χ1v) is 8.76. The van der Waals surface area contributed by atoms with Crippen molar-refractivity contribution >= 4 is 16.9 Å². The van der Waals surface area contributed by atoms with E-state index in [0.717, 1.165) is 16.9 Å². The van der Waals surface area contributed by atoms with E-state index in [1.807, 2.05) is 6.07 Å². The van der Waals surface area contributed by atoms with Gasteiger partial charge in [0.2, 0.25) is 0 Å². The van der Waals surface area contributed by atoms with Gasteiger partial charge in [-0.2, -0.15) is 5.26 Å².